The minimum atomic E-state index is -2.78. The van der Waals surface area contributed by atoms with Crippen molar-refractivity contribution in [3.05, 3.63) is 18.0 Å². The summed E-state index contributed by atoms with van der Waals surface area (Å²) in [6, 6.07) is 0.198. The van der Waals surface area contributed by atoms with Crippen molar-refractivity contribution in [2.45, 2.75) is 32.4 Å². The summed E-state index contributed by atoms with van der Waals surface area (Å²) in [6.07, 6.45) is 5.56. The van der Waals surface area contributed by atoms with Crippen molar-refractivity contribution in [3.8, 4) is 0 Å². The van der Waals surface area contributed by atoms with Crippen LogP contribution in [0.5, 0.6) is 0 Å². The average molecular weight is 271 g/mol. The van der Waals surface area contributed by atoms with E-state index in [0.29, 0.717) is 11.5 Å². The molecule has 18 heavy (non-hydrogen) atoms. The number of aryl methyl sites for hydroxylation is 1. The summed E-state index contributed by atoms with van der Waals surface area (Å²) in [5, 5.41) is 7.53. The Bertz CT molecular complexity index is 495. The molecule has 5 nitrogen and oxygen atoms in total. The van der Waals surface area contributed by atoms with E-state index < -0.39 is 9.84 Å². The van der Waals surface area contributed by atoms with Crippen LogP contribution >= 0.6 is 0 Å². The van der Waals surface area contributed by atoms with Crippen LogP contribution in [0, 0.1) is 5.92 Å². The Labute approximate surface area is 108 Å². The zero-order valence-electron chi connectivity index (χ0n) is 11.0. The highest BCUT2D eigenvalue weighted by Crippen LogP contribution is 2.28. The molecule has 2 atom stereocenters. The molecule has 0 saturated carbocycles. The standard InChI is InChI=1S/C12H21N3O2S/c1-3-15-8-11(7-14-15)12(13-2)6-10-4-5-18(16,17)9-10/h7-8,10,12-13H,3-6,9H2,1-2H3. The lowest BCUT2D eigenvalue weighted by Gasteiger charge is -2.17. The molecule has 1 fully saturated rings. The van der Waals surface area contributed by atoms with Crippen LogP contribution in [0.4, 0.5) is 0 Å². The van der Waals surface area contributed by atoms with Crippen molar-refractivity contribution in [3.63, 3.8) is 0 Å². The Morgan fingerprint density at radius 2 is 2.39 bits per heavy atom. The van der Waals surface area contributed by atoms with Crippen LogP contribution in [-0.4, -0.2) is 36.8 Å². The summed E-state index contributed by atoms with van der Waals surface area (Å²) < 4.78 is 24.8. The van der Waals surface area contributed by atoms with Gasteiger partial charge in [0, 0.05) is 24.3 Å². The molecule has 1 aromatic heterocycles. The van der Waals surface area contributed by atoms with Gasteiger partial charge in [0.25, 0.3) is 0 Å². The van der Waals surface area contributed by atoms with E-state index in [-0.39, 0.29) is 12.0 Å². The fraction of sp³-hybridized carbons (Fsp3) is 0.750. The van der Waals surface area contributed by atoms with Gasteiger partial charge in [-0.3, -0.25) is 4.68 Å². The molecule has 0 bridgehead atoms. The molecule has 2 rings (SSSR count). The summed E-state index contributed by atoms with van der Waals surface area (Å²) in [4.78, 5) is 0. The monoisotopic (exact) mass is 271 g/mol. The fourth-order valence-electron chi connectivity index (χ4n) is 2.54. The van der Waals surface area contributed by atoms with Gasteiger partial charge < -0.3 is 5.32 Å². The highest BCUT2D eigenvalue weighted by Gasteiger charge is 2.30. The maximum absolute atomic E-state index is 11.5. The first-order chi connectivity index (χ1) is 8.54. The quantitative estimate of drug-likeness (QED) is 0.867. The topological polar surface area (TPSA) is 64.0 Å². The molecule has 1 saturated heterocycles. The summed E-state index contributed by atoms with van der Waals surface area (Å²) in [7, 11) is -0.865. The smallest absolute Gasteiger partial charge is 0.150 e. The Hall–Kier alpha value is -0.880. The molecule has 0 aliphatic carbocycles. The maximum Gasteiger partial charge on any atom is 0.150 e. The summed E-state index contributed by atoms with van der Waals surface area (Å²) >= 11 is 0. The number of rotatable bonds is 5. The van der Waals surface area contributed by atoms with E-state index in [1.165, 1.54) is 0 Å². The maximum atomic E-state index is 11.5. The lowest BCUT2D eigenvalue weighted by Crippen LogP contribution is -2.20. The van der Waals surface area contributed by atoms with Gasteiger partial charge >= 0.3 is 0 Å². The zero-order chi connectivity index (χ0) is 13.2. The van der Waals surface area contributed by atoms with E-state index >= 15 is 0 Å². The van der Waals surface area contributed by atoms with Crippen LogP contribution in [0.3, 0.4) is 0 Å². The first-order valence-corrected chi connectivity index (χ1v) is 8.26. The van der Waals surface area contributed by atoms with Gasteiger partial charge in [-0.15, -0.1) is 0 Å². The van der Waals surface area contributed by atoms with Gasteiger partial charge in [-0.2, -0.15) is 5.10 Å². The number of sulfone groups is 1. The third kappa shape index (κ3) is 3.11. The molecule has 0 aromatic carbocycles. The molecule has 102 valence electrons. The molecule has 1 N–H and O–H groups in total. The van der Waals surface area contributed by atoms with Crippen LogP contribution in [-0.2, 0) is 16.4 Å². The van der Waals surface area contributed by atoms with Crippen molar-refractivity contribution in [2.75, 3.05) is 18.6 Å². The number of aromatic nitrogens is 2. The summed E-state index contributed by atoms with van der Waals surface area (Å²) in [6.45, 7) is 2.91. The van der Waals surface area contributed by atoms with Gasteiger partial charge in [0.2, 0.25) is 0 Å². The highest BCUT2D eigenvalue weighted by molar-refractivity contribution is 7.91. The molecule has 1 aromatic rings. The molecule has 0 amide bonds. The second kappa shape index (κ2) is 5.40. The molecule has 1 aliphatic heterocycles. The van der Waals surface area contributed by atoms with Gasteiger partial charge in [-0.05, 0) is 32.7 Å². The molecule has 2 unspecified atom stereocenters. The van der Waals surface area contributed by atoms with Crippen LogP contribution in [0.15, 0.2) is 12.4 Å². The Morgan fingerprint density at radius 1 is 1.61 bits per heavy atom. The van der Waals surface area contributed by atoms with E-state index in [4.69, 9.17) is 0 Å². The molecule has 2 heterocycles. The lowest BCUT2D eigenvalue weighted by atomic mass is 9.96. The summed E-state index contributed by atoms with van der Waals surface area (Å²) in [5.74, 6) is 0.965. The Morgan fingerprint density at radius 3 is 2.89 bits per heavy atom. The van der Waals surface area contributed by atoms with E-state index in [1.54, 1.807) is 0 Å². The Kier molecular flexibility index (Phi) is 4.07. The van der Waals surface area contributed by atoms with Gasteiger partial charge in [0.05, 0.1) is 17.7 Å². The van der Waals surface area contributed by atoms with E-state index in [2.05, 4.69) is 17.3 Å². The number of nitrogens with zero attached hydrogens (tertiary/aromatic N) is 2. The molecular formula is C12H21N3O2S. The molecule has 6 heteroatoms. The minimum Gasteiger partial charge on any atom is -0.313 e. The number of hydrogen-bond donors (Lipinski definition) is 1. The predicted octanol–water partition coefficient (Wildman–Crippen LogP) is 0.988. The van der Waals surface area contributed by atoms with Crippen LogP contribution < -0.4 is 5.32 Å². The molecule has 1 aliphatic rings. The molecule has 0 radical (unpaired) electrons. The first-order valence-electron chi connectivity index (χ1n) is 6.44. The minimum absolute atomic E-state index is 0.198. The van der Waals surface area contributed by atoms with Gasteiger partial charge in [0.1, 0.15) is 0 Å². The van der Waals surface area contributed by atoms with E-state index in [1.807, 2.05) is 24.1 Å². The van der Waals surface area contributed by atoms with Crippen LogP contribution in [0.2, 0.25) is 0 Å². The number of nitrogens with one attached hydrogen (secondary N) is 1. The highest BCUT2D eigenvalue weighted by atomic mass is 32.2. The van der Waals surface area contributed by atoms with Gasteiger partial charge in [-0.1, -0.05) is 0 Å². The first kappa shape index (κ1) is 13.5. The van der Waals surface area contributed by atoms with Gasteiger partial charge in [0.15, 0.2) is 9.84 Å². The molecule has 0 spiro atoms. The third-order valence-corrected chi connectivity index (χ3v) is 5.46. The number of hydrogen-bond acceptors (Lipinski definition) is 4. The summed E-state index contributed by atoms with van der Waals surface area (Å²) in [5.41, 5.74) is 1.14. The van der Waals surface area contributed by atoms with Crippen molar-refractivity contribution >= 4 is 9.84 Å². The largest absolute Gasteiger partial charge is 0.313 e. The second-order valence-electron chi connectivity index (χ2n) is 4.98. The zero-order valence-corrected chi connectivity index (χ0v) is 11.8. The van der Waals surface area contributed by atoms with Crippen molar-refractivity contribution in [2.24, 2.45) is 5.92 Å². The lowest BCUT2D eigenvalue weighted by molar-refractivity contribution is 0.437. The van der Waals surface area contributed by atoms with Gasteiger partial charge in [-0.25, -0.2) is 8.42 Å². The van der Waals surface area contributed by atoms with Crippen LogP contribution in [0.1, 0.15) is 31.4 Å². The molecular weight excluding hydrogens is 250 g/mol. The average Bonchev–Trinajstić information content (AvgIpc) is 2.92. The Balaban J connectivity index is 2.01. The van der Waals surface area contributed by atoms with E-state index in [0.717, 1.165) is 24.9 Å². The SMILES string of the molecule is CCn1cc(C(CC2CCS(=O)(=O)C2)NC)cn1. The second-order valence-corrected chi connectivity index (χ2v) is 7.20. The van der Waals surface area contributed by atoms with Crippen LogP contribution in [0.25, 0.3) is 0 Å². The third-order valence-electron chi connectivity index (χ3n) is 3.62. The predicted molar refractivity (Wildman–Crippen MR) is 71.1 cm³/mol. The normalized spacial score (nSPS) is 24.2. The van der Waals surface area contributed by atoms with Crippen molar-refractivity contribution in [1.82, 2.24) is 15.1 Å². The fourth-order valence-corrected chi connectivity index (χ4v) is 4.42. The van der Waals surface area contributed by atoms with Crippen molar-refractivity contribution < 1.29 is 8.42 Å². The van der Waals surface area contributed by atoms with E-state index in [9.17, 15) is 8.42 Å². The van der Waals surface area contributed by atoms with Crippen molar-refractivity contribution in [1.29, 1.82) is 0 Å².